The molecular weight excluding hydrogens is 118 g/mol. The summed E-state index contributed by atoms with van der Waals surface area (Å²) in [5, 5.41) is 11.1. The second-order valence-corrected chi connectivity index (χ2v) is 1.89. The second-order valence-electron chi connectivity index (χ2n) is 1.89. The van der Waals surface area contributed by atoms with Crippen LogP contribution in [-0.2, 0) is 4.74 Å². The zero-order chi connectivity index (χ0) is 7.11. The van der Waals surface area contributed by atoms with Crippen molar-refractivity contribution in [1.82, 2.24) is 0 Å². The zero-order valence-corrected chi connectivity index (χ0v) is 5.92. The van der Waals surface area contributed by atoms with Gasteiger partial charge in [-0.05, 0) is 13.3 Å². The van der Waals surface area contributed by atoms with E-state index in [9.17, 15) is 0 Å². The normalized spacial score (nSPS) is 12.0. The summed E-state index contributed by atoms with van der Waals surface area (Å²) >= 11 is 0. The maximum absolute atomic E-state index is 8.14. The maximum atomic E-state index is 8.14. The average molecular weight is 131 g/mol. The van der Waals surface area contributed by atoms with Gasteiger partial charge in [0.1, 0.15) is 0 Å². The minimum Gasteiger partial charge on any atom is -0.411 e. The lowest BCUT2D eigenvalue weighted by Crippen LogP contribution is -2.04. The highest BCUT2D eigenvalue weighted by Crippen LogP contribution is 1.81. The Bertz CT molecular complexity index is 91.1. The monoisotopic (exact) mass is 131 g/mol. The van der Waals surface area contributed by atoms with Crippen LogP contribution in [0.4, 0.5) is 0 Å². The van der Waals surface area contributed by atoms with Crippen LogP contribution >= 0.6 is 0 Å². The molecule has 0 amide bonds. The van der Waals surface area contributed by atoms with Gasteiger partial charge in [-0.15, -0.1) is 0 Å². The van der Waals surface area contributed by atoms with Crippen LogP contribution in [0.25, 0.3) is 0 Å². The van der Waals surface area contributed by atoms with Gasteiger partial charge in [0.05, 0.1) is 12.3 Å². The Hall–Kier alpha value is -0.570. The van der Waals surface area contributed by atoms with Crippen LogP contribution < -0.4 is 0 Å². The second kappa shape index (κ2) is 5.56. The Labute approximate surface area is 55.3 Å². The molecule has 0 fully saturated rings. The van der Waals surface area contributed by atoms with Gasteiger partial charge in [-0.1, -0.05) is 12.1 Å². The lowest BCUT2D eigenvalue weighted by Gasteiger charge is -1.97. The van der Waals surface area contributed by atoms with E-state index < -0.39 is 0 Å². The molecule has 54 valence electrons. The van der Waals surface area contributed by atoms with Crippen LogP contribution in [-0.4, -0.2) is 24.1 Å². The molecule has 0 atom stereocenters. The molecule has 3 nitrogen and oxygen atoms in total. The fourth-order valence-electron chi connectivity index (χ4n) is 0.393. The molecule has 9 heavy (non-hydrogen) atoms. The topological polar surface area (TPSA) is 41.8 Å². The lowest BCUT2D eigenvalue weighted by atomic mass is 10.4. The third-order valence-electron chi connectivity index (χ3n) is 0.830. The Balaban J connectivity index is 3.07. The number of rotatable bonds is 4. The third kappa shape index (κ3) is 5.30. The molecule has 0 bridgehead atoms. The first-order valence-corrected chi connectivity index (χ1v) is 3.06. The van der Waals surface area contributed by atoms with Gasteiger partial charge < -0.3 is 9.94 Å². The summed E-state index contributed by atoms with van der Waals surface area (Å²) in [6, 6.07) is 0. The Morgan fingerprint density at radius 1 is 1.67 bits per heavy atom. The van der Waals surface area contributed by atoms with Gasteiger partial charge in [0.2, 0.25) is 0 Å². The van der Waals surface area contributed by atoms with Crippen molar-refractivity contribution in [3.63, 3.8) is 0 Å². The molecule has 0 aliphatic carbocycles. The van der Waals surface area contributed by atoms with Crippen molar-refractivity contribution < 1.29 is 9.94 Å². The van der Waals surface area contributed by atoms with E-state index in [1.165, 1.54) is 0 Å². The van der Waals surface area contributed by atoms with Crippen molar-refractivity contribution in [2.45, 2.75) is 20.3 Å². The molecule has 0 unspecified atom stereocenters. The first-order valence-electron chi connectivity index (χ1n) is 3.06. The van der Waals surface area contributed by atoms with Gasteiger partial charge in [0.15, 0.2) is 0 Å². The van der Waals surface area contributed by atoms with Crippen molar-refractivity contribution >= 4 is 5.71 Å². The van der Waals surface area contributed by atoms with E-state index in [0.29, 0.717) is 12.3 Å². The Morgan fingerprint density at radius 3 is 2.78 bits per heavy atom. The number of hydrogen-bond donors (Lipinski definition) is 1. The summed E-state index contributed by atoms with van der Waals surface area (Å²) in [4.78, 5) is 0. The zero-order valence-electron chi connectivity index (χ0n) is 5.92. The van der Waals surface area contributed by atoms with Crippen LogP contribution in [0, 0.1) is 0 Å². The van der Waals surface area contributed by atoms with E-state index >= 15 is 0 Å². The van der Waals surface area contributed by atoms with Crippen molar-refractivity contribution in [1.29, 1.82) is 0 Å². The van der Waals surface area contributed by atoms with Gasteiger partial charge in [-0.3, -0.25) is 0 Å². The van der Waals surface area contributed by atoms with Gasteiger partial charge in [0.25, 0.3) is 0 Å². The predicted octanol–water partition coefficient (Wildman–Crippen LogP) is 1.26. The molecule has 0 saturated carbocycles. The van der Waals surface area contributed by atoms with Crippen molar-refractivity contribution in [2.75, 3.05) is 13.2 Å². The van der Waals surface area contributed by atoms with Crippen LogP contribution in [0.2, 0.25) is 0 Å². The quantitative estimate of drug-likeness (QED) is 0.270. The molecule has 0 aromatic carbocycles. The fourth-order valence-corrected chi connectivity index (χ4v) is 0.393. The molecule has 0 aliphatic rings. The SMILES string of the molecule is CCCOCC(C)=NO. The van der Waals surface area contributed by atoms with Gasteiger partial charge >= 0.3 is 0 Å². The molecule has 3 heteroatoms. The maximum Gasteiger partial charge on any atom is 0.0878 e. The molecule has 0 saturated heterocycles. The Morgan fingerprint density at radius 2 is 2.33 bits per heavy atom. The molecule has 0 spiro atoms. The number of nitrogens with zero attached hydrogens (tertiary/aromatic N) is 1. The number of oxime groups is 1. The molecule has 0 radical (unpaired) electrons. The highest BCUT2D eigenvalue weighted by molar-refractivity contribution is 5.82. The first kappa shape index (κ1) is 8.43. The van der Waals surface area contributed by atoms with Crippen LogP contribution in [0.1, 0.15) is 20.3 Å². The average Bonchev–Trinajstić information content (AvgIpc) is 1.89. The lowest BCUT2D eigenvalue weighted by molar-refractivity contribution is 0.169. The summed E-state index contributed by atoms with van der Waals surface area (Å²) in [6.45, 7) is 4.91. The minimum absolute atomic E-state index is 0.435. The molecule has 0 aliphatic heterocycles. The molecule has 0 aromatic heterocycles. The van der Waals surface area contributed by atoms with Crippen molar-refractivity contribution in [2.24, 2.45) is 5.16 Å². The van der Waals surface area contributed by atoms with Crippen LogP contribution in [0.5, 0.6) is 0 Å². The van der Waals surface area contributed by atoms with Crippen molar-refractivity contribution in [3.8, 4) is 0 Å². The molecule has 1 N–H and O–H groups in total. The number of ether oxygens (including phenoxy) is 1. The minimum atomic E-state index is 0.435. The van der Waals surface area contributed by atoms with E-state index in [2.05, 4.69) is 5.16 Å². The summed E-state index contributed by atoms with van der Waals surface area (Å²) in [5.41, 5.74) is 0.614. The highest BCUT2D eigenvalue weighted by Gasteiger charge is 1.88. The van der Waals surface area contributed by atoms with Crippen molar-refractivity contribution in [3.05, 3.63) is 0 Å². The molecule has 0 heterocycles. The van der Waals surface area contributed by atoms with Crippen LogP contribution in [0.15, 0.2) is 5.16 Å². The van der Waals surface area contributed by atoms with Gasteiger partial charge in [0, 0.05) is 6.61 Å². The van der Waals surface area contributed by atoms with Gasteiger partial charge in [-0.2, -0.15) is 0 Å². The van der Waals surface area contributed by atoms with E-state index in [4.69, 9.17) is 9.94 Å². The Kier molecular flexibility index (Phi) is 5.21. The molecule has 0 rings (SSSR count). The van der Waals surface area contributed by atoms with E-state index in [1.807, 2.05) is 6.92 Å². The van der Waals surface area contributed by atoms with Crippen LogP contribution in [0.3, 0.4) is 0 Å². The summed E-state index contributed by atoms with van der Waals surface area (Å²) in [5.74, 6) is 0. The van der Waals surface area contributed by atoms with E-state index in [1.54, 1.807) is 6.92 Å². The summed E-state index contributed by atoms with van der Waals surface area (Å²) < 4.78 is 5.04. The van der Waals surface area contributed by atoms with Gasteiger partial charge in [-0.25, -0.2) is 0 Å². The first-order chi connectivity index (χ1) is 4.31. The summed E-state index contributed by atoms with van der Waals surface area (Å²) in [6.07, 6.45) is 0.999. The standard InChI is InChI=1S/C6H13NO2/c1-3-4-9-5-6(2)7-8/h8H,3-5H2,1-2H3. The third-order valence-corrected chi connectivity index (χ3v) is 0.830. The largest absolute Gasteiger partial charge is 0.411 e. The fraction of sp³-hybridized carbons (Fsp3) is 0.833. The van der Waals surface area contributed by atoms with E-state index in [0.717, 1.165) is 13.0 Å². The molecular formula is C6H13NO2. The predicted molar refractivity (Wildman–Crippen MR) is 36.0 cm³/mol. The molecule has 0 aromatic rings. The smallest absolute Gasteiger partial charge is 0.0878 e. The highest BCUT2D eigenvalue weighted by atomic mass is 16.5. The summed E-state index contributed by atoms with van der Waals surface area (Å²) in [7, 11) is 0. The van der Waals surface area contributed by atoms with E-state index in [-0.39, 0.29) is 0 Å². The number of hydrogen-bond acceptors (Lipinski definition) is 3.